The third kappa shape index (κ3) is 4.88. The summed E-state index contributed by atoms with van der Waals surface area (Å²) in [6.07, 6.45) is -3.34. The number of aromatic nitrogens is 3. The molecule has 11 heteroatoms. The maximum absolute atomic E-state index is 12.8. The minimum atomic E-state index is -4.42. The van der Waals surface area contributed by atoms with Gasteiger partial charge in [-0.15, -0.1) is 0 Å². The SMILES string of the molecule is CNC(=O)c1cccc(Nc2ncnc(N3CC(Oc4cccc(C(F)(F)F)c4)C3)n2)c1. The van der Waals surface area contributed by atoms with Gasteiger partial charge >= 0.3 is 6.18 Å². The zero-order chi connectivity index (χ0) is 22.7. The second-order valence-electron chi connectivity index (χ2n) is 7.06. The first kappa shape index (κ1) is 21.3. The highest BCUT2D eigenvalue weighted by atomic mass is 19.4. The Bertz CT molecular complexity index is 1120. The van der Waals surface area contributed by atoms with Crippen molar-refractivity contribution >= 4 is 23.5 Å². The number of nitrogens with one attached hydrogen (secondary N) is 2. The molecule has 8 nitrogen and oxygen atoms in total. The number of hydrogen-bond acceptors (Lipinski definition) is 7. The highest BCUT2D eigenvalue weighted by molar-refractivity contribution is 5.95. The molecule has 1 amide bonds. The Morgan fingerprint density at radius 3 is 2.66 bits per heavy atom. The van der Waals surface area contributed by atoms with E-state index >= 15 is 0 Å². The number of hydrogen-bond donors (Lipinski definition) is 2. The molecule has 32 heavy (non-hydrogen) atoms. The Balaban J connectivity index is 1.37. The fourth-order valence-corrected chi connectivity index (χ4v) is 3.13. The van der Waals surface area contributed by atoms with Crippen molar-refractivity contribution in [1.82, 2.24) is 20.3 Å². The zero-order valence-corrected chi connectivity index (χ0v) is 16.9. The van der Waals surface area contributed by atoms with Crippen molar-refractivity contribution in [3.63, 3.8) is 0 Å². The first-order chi connectivity index (χ1) is 15.3. The highest BCUT2D eigenvalue weighted by Gasteiger charge is 2.33. The lowest BCUT2D eigenvalue weighted by atomic mass is 10.1. The van der Waals surface area contributed by atoms with Crippen LogP contribution in [0.15, 0.2) is 54.9 Å². The number of carbonyl (C=O) groups excluding carboxylic acids is 1. The van der Waals surface area contributed by atoms with E-state index in [0.717, 1.165) is 12.1 Å². The van der Waals surface area contributed by atoms with E-state index < -0.39 is 11.7 Å². The van der Waals surface area contributed by atoms with Crippen molar-refractivity contribution in [3.05, 3.63) is 66.0 Å². The van der Waals surface area contributed by atoms with Gasteiger partial charge in [0.05, 0.1) is 18.7 Å². The van der Waals surface area contributed by atoms with Crippen LogP contribution in [0.1, 0.15) is 15.9 Å². The number of alkyl halides is 3. The highest BCUT2D eigenvalue weighted by Crippen LogP contribution is 2.32. The summed E-state index contributed by atoms with van der Waals surface area (Å²) in [4.78, 5) is 26.2. The molecular formula is C21H19F3N6O2. The fourth-order valence-electron chi connectivity index (χ4n) is 3.13. The Morgan fingerprint density at radius 2 is 1.91 bits per heavy atom. The summed E-state index contributed by atoms with van der Waals surface area (Å²) in [5, 5.41) is 5.59. The number of benzene rings is 2. The second-order valence-corrected chi connectivity index (χ2v) is 7.06. The molecule has 1 aliphatic heterocycles. The molecule has 0 unspecified atom stereocenters. The predicted octanol–water partition coefficient (Wildman–Crippen LogP) is 3.26. The van der Waals surface area contributed by atoms with Crippen LogP contribution in [-0.4, -0.2) is 47.1 Å². The van der Waals surface area contributed by atoms with E-state index in [1.807, 2.05) is 4.90 Å². The molecule has 0 saturated carbocycles. The summed E-state index contributed by atoms with van der Waals surface area (Å²) in [5.74, 6) is 0.663. The van der Waals surface area contributed by atoms with Gasteiger partial charge in [-0.3, -0.25) is 4.79 Å². The van der Waals surface area contributed by atoms with E-state index in [1.54, 1.807) is 31.3 Å². The number of nitrogens with zero attached hydrogens (tertiary/aromatic N) is 4. The van der Waals surface area contributed by atoms with Crippen molar-refractivity contribution in [1.29, 1.82) is 0 Å². The van der Waals surface area contributed by atoms with Crippen molar-refractivity contribution < 1.29 is 22.7 Å². The smallest absolute Gasteiger partial charge is 0.416 e. The molecule has 3 aromatic rings. The first-order valence-corrected chi connectivity index (χ1v) is 9.69. The summed E-state index contributed by atoms with van der Waals surface area (Å²) < 4.78 is 44.2. The van der Waals surface area contributed by atoms with Gasteiger partial charge in [0.2, 0.25) is 11.9 Å². The minimum absolute atomic E-state index is 0.165. The van der Waals surface area contributed by atoms with Crippen LogP contribution in [0.2, 0.25) is 0 Å². The summed E-state index contributed by atoms with van der Waals surface area (Å²) in [6, 6.07) is 11.7. The van der Waals surface area contributed by atoms with Gasteiger partial charge in [-0.05, 0) is 36.4 Å². The van der Waals surface area contributed by atoms with Crippen LogP contribution >= 0.6 is 0 Å². The molecule has 0 bridgehead atoms. The zero-order valence-electron chi connectivity index (χ0n) is 16.9. The first-order valence-electron chi connectivity index (χ1n) is 9.69. The Hall–Kier alpha value is -3.89. The lowest BCUT2D eigenvalue weighted by Gasteiger charge is -2.38. The summed E-state index contributed by atoms with van der Waals surface area (Å²) in [6.45, 7) is 0.845. The van der Waals surface area contributed by atoms with Crippen LogP contribution in [0.25, 0.3) is 0 Å². The maximum atomic E-state index is 12.8. The standard InChI is InChI=1S/C21H19F3N6O2/c1-25-18(31)13-4-2-6-15(8-13)28-19-26-12-27-20(29-19)30-10-17(11-30)32-16-7-3-5-14(9-16)21(22,23)24/h2-9,12,17H,10-11H2,1H3,(H,25,31)(H,26,27,28,29). The topological polar surface area (TPSA) is 92.3 Å². The maximum Gasteiger partial charge on any atom is 0.416 e. The Morgan fingerprint density at radius 1 is 1.12 bits per heavy atom. The number of ether oxygens (including phenoxy) is 1. The van der Waals surface area contributed by atoms with Crippen molar-refractivity contribution in [3.8, 4) is 5.75 Å². The summed E-state index contributed by atoms with van der Waals surface area (Å²) in [7, 11) is 1.55. The molecule has 2 N–H and O–H groups in total. The van der Waals surface area contributed by atoms with Gasteiger partial charge in [-0.25, -0.2) is 9.97 Å². The van der Waals surface area contributed by atoms with Gasteiger partial charge in [0.25, 0.3) is 5.91 Å². The quantitative estimate of drug-likeness (QED) is 0.603. The molecule has 1 saturated heterocycles. The largest absolute Gasteiger partial charge is 0.487 e. The van der Waals surface area contributed by atoms with Gasteiger partial charge in [0.1, 0.15) is 18.2 Å². The number of rotatable bonds is 6. The van der Waals surface area contributed by atoms with E-state index in [9.17, 15) is 18.0 Å². The molecule has 2 heterocycles. The molecular weight excluding hydrogens is 425 g/mol. The third-order valence-electron chi connectivity index (χ3n) is 4.76. The van der Waals surface area contributed by atoms with E-state index in [0.29, 0.717) is 36.2 Å². The van der Waals surface area contributed by atoms with Gasteiger partial charge in [0, 0.05) is 18.3 Å². The molecule has 0 aliphatic carbocycles. The van der Waals surface area contributed by atoms with Crippen molar-refractivity contribution in [2.24, 2.45) is 0 Å². The Kier molecular flexibility index (Phi) is 5.80. The fraction of sp³-hybridized carbons (Fsp3) is 0.238. The van der Waals surface area contributed by atoms with Crippen LogP contribution in [0.5, 0.6) is 5.75 Å². The van der Waals surface area contributed by atoms with Crippen LogP contribution in [0.3, 0.4) is 0 Å². The molecule has 0 atom stereocenters. The molecule has 1 fully saturated rings. The van der Waals surface area contributed by atoms with Gasteiger partial charge in [0.15, 0.2) is 0 Å². The van der Waals surface area contributed by atoms with Crippen molar-refractivity contribution in [2.45, 2.75) is 12.3 Å². The summed E-state index contributed by atoms with van der Waals surface area (Å²) >= 11 is 0. The monoisotopic (exact) mass is 444 g/mol. The third-order valence-corrected chi connectivity index (χ3v) is 4.76. The number of carbonyl (C=O) groups is 1. The number of amides is 1. The van der Waals surface area contributed by atoms with Gasteiger partial charge in [-0.1, -0.05) is 12.1 Å². The minimum Gasteiger partial charge on any atom is -0.487 e. The molecule has 0 radical (unpaired) electrons. The molecule has 166 valence electrons. The summed E-state index contributed by atoms with van der Waals surface area (Å²) in [5.41, 5.74) is 0.376. The lowest BCUT2D eigenvalue weighted by Crippen LogP contribution is -2.54. The van der Waals surface area contributed by atoms with Crippen LogP contribution in [0, 0.1) is 0 Å². The lowest BCUT2D eigenvalue weighted by molar-refractivity contribution is -0.137. The van der Waals surface area contributed by atoms with Crippen LogP contribution in [-0.2, 0) is 6.18 Å². The van der Waals surface area contributed by atoms with Gasteiger partial charge < -0.3 is 20.3 Å². The van der Waals surface area contributed by atoms with Crippen LogP contribution in [0.4, 0.5) is 30.8 Å². The Labute approximate surface area is 181 Å². The number of halogens is 3. The van der Waals surface area contributed by atoms with E-state index in [-0.39, 0.29) is 17.8 Å². The second kappa shape index (κ2) is 8.69. The molecule has 0 spiro atoms. The number of anilines is 3. The molecule has 2 aromatic carbocycles. The molecule has 1 aromatic heterocycles. The predicted molar refractivity (Wildman–Crippen MR) is 111 cm³/mol. The van der Waals surface area contributed by atoms with E-state index in [4.69, 9.17) is 4.74 Å². The van der Waals surface area contributed by atoms with Gasteiger partial charge in [-0.2, -0.15) is 18.2 Å². The average Bonchev–Trinajstić information content (AvgIpc) is 2.75. The normalized spacial score (nSPS) is 13.9. The van der Waals surface area contributed by atoms with Crippen molar-refractivity contribution in [2.75, 3.05) is 30.4 Å². The van der Waals surface area contributed by atoms with Crippen LogP contribution < -0.4 is 20.3 Å². The van der Waals surface area contributed by atoms with E-state index in [2.05, 4.69) is 25.6 Å². The molecule has 4 rings (SSSR count). The molecule has 1 aliphatic rings. The van der Waals surface area contributed by atoms with E-state index in [1.165, 1.54) is 18.5 Å². The average molecular weight is 444 g/mol.